The first-order valence-electron chi connectivity index (χ1n) is 11.3. The highest BCUT2D eigenvalue weighted by Crippen LogP contribution is 2.30. The van der Waals surface area contributed by atoms with E-state index in [0.29, 0.717) is 11.6 Å². The van der Waals surface area contributed by atoms with Crippen molar-refractivity contribution in [1.82, 2.24) is 5.43 Å². The van der Waals surface area contributed by atoms with E-state index in [1.165, 1.54) is 44.4 Å². The van der Waals surface area contributed by atoms with Gasteiger partial charge in [0.2, 0.25) is 0 Å². The Labute approximate surface area is 185 Å². The molecule has 3 N–H and O–H groups in total. The van der Waals surface area contributed by atoms with Gasteiger partial charge in [0.15, 0.2) is 0 Å². The summed E-state index contributed by atoms with van der Waals surface area (Å²) in [7, 11) is 0. The number of benzene rings is 2. The molecule has 31 heavy (non-hydrogen) atoms. The van der Waals surface area contributed by atoms with Gasteiger partial charge in [-0.2, -0.15) is 0 Å². The third kappa shape index (κ3) is 5.92. The van der Waals surface area contributed by atoms with E-state index < -0.39 is 0 Å². The van der Waals surface area contributed by atoms with Crippen LogP contribution in [0.1, 0.15) is 74.6 Å². The normalized spacial score (nSPS) is 15.7. The number of rotatable bonds is 8. The fourth-order valence-corrected chi connectivity index (χ4v) is 4.10. The van der Waals surface area contributed by atoms with Crippen LogP contribution < -0.4 is 10.9 Å². The molecule has 2 aromatic rings. The van der Waals surface area contributed by atoms with E-state index in [1.54, 1.807) is 6.92 Å². The van der Waals surface area contributed by atoms with Gasteiger partial charge < -0.3 is 10.8 Å². The van der Waals surface area contributed by atoms with Gasteiger partial charge >= 0.3 is 0 Å². The molecule has 164 valence electrons. The molecule has 0 spiro atoms. The Morgan fingerprint density at radius 2 is 1.84 bits per heavy atom. The largest absolute Gasteiger partial charge is 0.321 e. The van der Waals surface area contributed by atoms with Crippen LogP contribution in [0.3, 0.4) is 0 Å². The standard InChI is InChI=1S/C27H34FN3/c1-4-5-11-25(20(3)21-12-14-26(28)19(2)16-21)22-13-15-27(23(17-22)18-29)31-30-24-9-7-6-8-10-24/h5,11-18,24,29-31H,4,6-10H2,1-3H3/b11-5-,25-20-,29-18?. The van der Waals surface area contributed by atoms with Crippen LogP contribution in [0.15, 0.2) is 48.6 Å². The average molecular weight is 420 g/mol. The summed E-state index contributed by atoms with van der Waals surface area (Å²) in [5.41, 5.74) is 13.4. The summed E-state index contributed by atoms with van der Waals surface area (Å²) in [4.78, 5) is 0. The van der Waals surface area contributed by atoms with Crippen molar-refractivity contribution in [2.75, 3.05) is 5.43 Å². The Balaban J connectivity index is 1.92. The predicted octanol–water partition coefficient (Wildman–Crippen LogP) is 7.28. The molecule has 0 bridgehead atoms. The fraction of sp³-hybridized carbons (Fsp3) is 0.370. The lowest BCUT2D eigenvalue weighted by Crippen LogP contribution is -2.35. The van der Waals surface area contributed by atoms with Crippen LogP contribution in [0.25, 0.3) is 11.1 Å². The first-order valence-corrected chi connectivity index (χ1v) is 11.3. The van der Waals surface area contributed by atoms with Crippen LogP contribution in [0.2, 0.25) is 0 Å². The van der Waals surface area contributed by atoms with E-state index in [0.717, 1.165) is 39.9 Å². The number of nitrogens with one attached hydrogen (secondary N) is 3. The molecule has 0 amide bonds. The van der Waals surface area contributed by atoms with E-state index in [1.807, 2.05) is 24.3 Å². The van der Waals surface area contributed by atoms with Crippen molar-refractivity contribution in [1.29, 1.82) is 5.41 Å². The zero-order valence-electron chi connectivity index (χ0n) is 18.9. The number of anilines is 1. The first-order chi connectivity index (χ1) is 15.0. The van der Waals surface area contributed by atoms with Crippen molar-refractivity contribution in [3.05, 3.63) is 76.6 Å². The van der Waals surface area contributed by atoms with Gasteiger partial charge in [-0.1, -0.05) is 50.5 Å². The van der Waals surface area contributed by atoms with Crippen molar-refractivity contribution in [3.8, 4) is 0 Å². The van der Waals surface area contributed by atoms with Crippen LogP contribution in [0, 0.1) is 18.2 Å². The van der Waals surface area contributed by atoms with E-state index in [4.69, 9.17) is 5.41 Å². The molecule has 0 aromatic heterocycles. The molecule has 0 aliphatic heterocycles. The van der Waals surface area contributed by atoms with Crippen molar-refractivity contribution in [2.24, 2.45) is 0 Å². The molecule has 2 aromatic carbocycles. The van der Waals surface area contributed by atoms with Crippen molar-refractivity contribution >= 4 is 23.0 Å². The summed E-state index contributed by atoms with van der Waals surface area (Å²) in [6.07, 6.45) is 12.8. The molecule has 4 heteroatoms. The van der Waals surface area contributed by atoms with Gasteiger partial charge in [-0.05, 0) is 85.2 Å². The molecule has 0 radical (unpaired) electrons. The lowest BCUT2D eigenvalue weighted by atomic mass is 9.93. The smallest absolute Gasteiger partial charge is 0.126 e. The van der Waals surface area contributed by atoms with E-state index in [9.17, 15) is 4.39 Å². The van der Waals surface area contributed by atoms with Gasteiger partial charge in [-0.25, -0.2) is 9.82 Å². The van der Waals surface area contributed by atoms with Gasteiger partial charge in [0.1, 0.15) is 5.82 Å². The van der Waals surface area contributed by atoms with Gasteiger partial charge in [0.25, 0.3) is 0 Å². The van der Waals surface area contributed by atoms with E-state index in [-0.39, 0.29) is 5.82 Å². The highest BCUT2D eigenvalue weighted by atomic mass is 19.1. The van der Waals surface area contributed by atoms with E-state index >= 15 is 0 Å². The molecule has 0 unspecified atom stereocenters. The van der Waals surface area contributed by atoms with Crippen LogP contribution >= 0.6 is 0 Å². The van der Waals surface area contributed by atoms with Crippen molar-refractivity contribution < 1.29 is 4.39 Å². The Kier molecular flexibility index (Phi) is 8.19. The zero-order valence-corrected chi connectivity index (χ0v) is 18.9. The molecular weight excluding hydrogens is 385 g/mol. The number of hydrazine groups is 1. The molecular formula is C27H34FN3. The number of aryl methyl sites for hydroxylation is 1. The first kappa shape index (κ1) is 23.0. The van der Waals surface area contributed by atoms with Gasteiger partial charge in [0, 0.05) is 17.8 Å². The van der Waals surface area contributed by atoms with Crippen LogP contribution in [-0.4, -0.2) is 12.3 Å². The monoisotopic (exact) mass is 419 g/mol. The van der Waals surface area contributed by atoms with Crippen molar-refractivity contribution in [3.63, 3.8) is 0 Å². The average Bonchev–Trinajstić information content (AvgIpc) is 2.80. The van der Waals surface area contributed by atoms with Crippen LogP contribution in [-0.2, 0) is 0 Å². The van der Waals surface area contributed by atoms with Gasteiger partial charge in [-0.3, -0.25) is 0 Å². The number of halogens is 1. The lowest BCUT2D eigenvalue weighted by Gasteiger charge is -2.24. The zero-order chi connectivity index (χ0) is 22.2. The maximum atomic E-state index is 13.8. The van der Waals surface area contributed by atoms with Gasteiger partial charge in [-0.15, -0.1) is 0 Å². The minimum atomic E-state index is -0.186. The molecule has 3 nitrogen and oxygen atoms in total. The molecule has 0 saturated heterocycles. The Morgan fingerprint density at radius 1 is 1.10 bits per heavy atom. The Bertz CT molecular complexity index is 968. The highest BCUT2D eigenvalue weighted by molar-refractivity contribution is 5.97. The molecule has 1 saturated carbocycles. The topological polar surface area (TPSA) is 47.9 Å². The molecule has 1 aliphatic rings. The highest BCUT2D eigenvalue weighted by Gasteiger charge is 2.14. The lowest BCUT2D eigenvalue weighted by molar-refractivity contribution is 0.393. The summed E-state index contributed by atoms with van der Waals surface area (Å²) < 4.78 is 13.8. The minimum Gasteiger partial charge on any atom is -0.321 e. The molecule has 1 aliphatic carbocycles. The second-order valence-electron chi connectivity index (χ2n) is 8.36. The summed E-state index contributed by atoms with van der Waals surface area (Å²) in [6.45, 7) is 5.97. The van der Waals surface area contributed by atoms with Crippen molar-refractivity contribution in [2.45, 2.75) is 65.3 Å². The maximum absolute atomic E-state index is 13.8. The Morgan fingerprint density at radius 3 is 2.52 bits per heavy atom. The fourth-order valence-electron chi connectivity index (χ4n) is 4.10. The molecule has 0 atom stereocenters. The number of hydrogen-bond donors (Lipinski definition) is 3. The summed E-state index contributed by atoms with van der Waals surface area (Å²) in [5.74, 6) is -0.186. The Hall–Kier alpha value is -2.72. The second-order valence-corrected chi connectivity index (χ2v) is 8.36. The second kappa shape index (κ2) is 11.1. The molecule has 3 rings (SSSR count). The van der Waals surface area contributed by atoms with Crippen LogP contribution in [0.5, 0.6) is 0 Å². The van der Waals surface area contributed by atoms with Crippen LogP contribution in [0.4, 0.5) is 10.1 Å². The summed E-state index contributed by atoms with van der Waals surface area (Å²) in [6, 6.07) is 11.9. The third-order valence-corrected chi connectivity index (χ3v) is 6.05. The molecule has 1 fully saturated rings. The van der Waals surface area contributed by atoms with E-state index in [2.05, 4.69) is 42.9 Å². The SMILES string of the molecule is CC/C=C\C(=C(/C)c1ccc(F)c(C)c1)c1ccc(NNC2CCCCC2)c(C=N)c1. The summed E-state index contributed by atoms with van der Waals surface area (Å²) in [5, 5.41) is 7.94. The van der Waals surface area contributed by atoms with Gasteiger partial charge in [0.05, 0.1) is 5.69 Å². The summed E-state index contributed by atoms with van der Waals surface area (Å²) >= 11 is 0. The molecule has 0 heterocycles. The quantitative estimate of drug-likeness (QED) is 0.182. The third-order valence-electron chi connectivity index (χ3n) is 6.05. The minimum absolute atomic E-state index is 0.186. The predicted molar refractivity (Wildman–Crippen MR) is 131 cm³/mol. The maximum Gasteiger partial charge on any atom is 0.126 e. The number of allylic oxidation sites excluding steroid dienone is 4. The number of hydrogen-bond acceptors (Lipinski definition) is 3.